The van der Waals surface area contributed by atoms with Gasteiger partial charge in [0.2, 0.25) is 23.6 Å². The molecular formula is C65H96N6O11. The molecule has 12 N–H and O–H groups in total. The number of rotatable bonds is 39. The maximum atomic E-state index is 14.6. The number of fused-ring (bicyclic) bond motifs is 1. The fraction of sp³-hybridized carbons (Fsp3) is 0.585. The highest BCUT2D eigenvalue weighted by atomic mass is 16.7. The lowest BCUT2D eigenvalue weighted by molar-refractivity contribution is -0.290. The van der Waals surface area contributed by atoms with Gasteiger partial charge in [-0.2, -0.15) is 0 Å². The first-order valence-corrected chi connectivity index (χ1v) is 30.4. The Bertz CT molecular complexity index is 2540. The Labute approximate surface area is 486 Å². The van der Waals surface area contributed by atoms with E-state index in [0.717, 1.165) is 57.9 Å². The van der Waals surface area contributed by atoms with Crippen molar-refractivity contribution in [3.8, 4) is 5.75 Å². The lowest BCUT2D eigenvalue weighted by Gasteiger charge is -2.39. The predicted octanol–water partition coefficient (Wildman–Crippen LogP) is 7.61. The maximum Gasteiger partial charge on any atom is 0.252 e. The first kappa shape index (κ1) is 66.8. The van der Waals surface area contributed by atoms with Gasteiger partial charge in [-0.15, -0.1) is 0 Å². The van der Waals surface area contributed by atoms with Crippen LogP contribution in [0.3, 0.4) is 0 Å². The highest BCUT2D eigenvalue weighted by Gasteiger charge is 2.47. The third-order valence-corrected chi connectivity index (χ3v) is 15.8. The number of phenols is 1. The van der Waals surface area contributed by atoms with Crippen LogP contribution in [-0.2, 0) is 52.7 Å². The molecule has 1 saturated heterocycles. The minimum atomic E-state index is -1.74. The third kappa shape index (κ3) is 22.7. The van der Waals surface area contributed by atoms with Gasteiger partial charge < -0.3 is 62.6 Å². The van der Waals surface area contributed by atoms with E-state index in [1.165, 1.54) is 89.9 Å². The molecular weight excluding hydrogens is 1040 g/mol. The summed E-state index contributed by atoms with van der Waals surface area (Å²) in [5.41, 5.74) is 16.0. The Morgan fingerprint density at radius 1 is 0.585 bits per heavy atom. The van der Waals surface area contributed by atoms with Crippen molar-refractivity contribution in [2.24, 2.45) is 11.5 Å². The molecule has 5 rings (SSSR count). The van der Waals surface area contributed by atoms with Crippen LogP contribution in [0.15, 0.2) is 84.9 Å². The lowest BCUT2D eigenvalue weighted by atomic mass is 9.95. The van der Waals surface area contributed by atoms with Crippen molar-refractivity contribution in [2.75, 3.05) is 13.2 Å². The average molecular weight is 1140 g/mol. The molecule has 9 atom stereocenters. The number of nitrogens with one attached hydrogen (secondary N) is 4. The molecule has 0 spiro atoms. The van der Waals surface area contributed by atoms with Crippen molar-refractivity contribution >= 4 is 40.3 Å². The van der Waals surface area contributed by atoms with E-state index in [1.807, 2.05) is 60.7 Å². The van der Waals surface area contributed by atoms with Crippen LogP contribution in [0.25, 0.3) is 10.8 Å². The number of phenolic OH excluding ortho intramolecular Hbond substituents is 1. The number of amides is 5. The van der Waals surface area contributed by atoms with E-state index in [9.17, 15) is 44.4 Å². The molecule has 452 valence electrons. The lowest BCUT2D eigenvalue weighted by Crippen LogP contribution is -2.62. The first-order chi connectivity index (χ1) is 39.6. The monoisotopic (exact) mass is 1140 g/mol. The van der Waals surface area contributed by atoms with Crippen LogP contribution >= 0.6 is 0 Å². The number of aryl methyl sites for hydroxylation is 2. The number of carbonyl (C=O) groups is 5. The number of aliphatic hydroxyl groups excluding tert-OH is 3. The molecule has 4 aromatic carbocycles. The van der Waals surface area contributed by atoms with Crippen LogP contribution in [0.1, 0.15) is 170 Å². The summed E-state index contributed by atoms with van der Waals surface area (Å²) in [4.78, 5) is 69.2. The van der Waals surface area contributed by atoms with Gasteiger partial charge in [0.1, 0.15) is 42.2 Å². The zero-order valence-electron chi connectivity index (χ0n) is 49.0. The number of unbranched alkanes of at least 4 members (excludes halogenated alkanes) is 18. The quantitative estimate of drug-likeness (QED) is 0.0193. The number of hydrogen-bond donors (Lipinski definition) is 10. The first-order valence-electron chi connectivity index (χ1n) is 30.4. The number of carbonyl (C=O) groups excluding carboxylic acids is 5. The molecule has 5 amide bonds. The third-order valence-electron chi connectivity index (χ3n) is 15.8. The van der Waals surface area contributed by atoms with E-state index in [4.69, 9.17) is 20.9 Å². The number of aliphatic hydroxyl groups is 3. The summed E-state index contributed by atoms with van der Waals surface area (Å²) < 4.78 is 11.5. The highest BCUT2D eigenvalue weighted by molar-refractivity contribution is 5.95. The molecule has 1 aliphatic heterocycles. The molecule has 17 nitrogen and oxygen atoms in total. The number of nitrogens with two attached hydrogens (primary N) is 2. The maximum absolute atomic E-state index is 14.6. The van der Waals surface area contributed by atoms with E-state index in [-0.39, 0.29) is 57.4 Å². The van der Waals surface area contributed by atoms with Gasteiger partial charge in [-0.3, -0.25) is 24.0 Å². The number of ether oxygens (including phenoxy) is 2. The number of hydrogen-bond acceptors (Lipinski definition) is 12. The molecule has 0 saturated carbocycles. The van der Waals surface area contributed by atoms with Gasteiger partial charge in [0, 0.05) is 26.0 Å². The zero-order valence-corrected chi connectivity index (χ0v) is 49.0. The molecule has 0 aromatic heterocycles. The molecule has 1 heterocycles. The second-order valence-corrected chi connectivity index (χ2v) is 22.6. The summed E-state index contributed by atoms with van der Waals surface area (Å²) in [6.45, 7) is 6.13. The molecule has 4 aromatic rings. The van der Waals surface area contributed by atoms with Crippen molar-refractivity contribution in [3.63, 3.8) is 0 Å². The van der Waals surface area contributed by atoms with Gasteiger partial charge in [-0.1, -0.05) is 189 Å². The summed E-state index contributed by atoms with van der Waals surface area (Å²) in [6.07, 6.45) is 15.2. The summed E-state index contributed by atoms with van der Waals surface area (Å²) in [6, 6.07) is 20.7. The van der Waals surface area contributed by atoms with Crippen molar-refractivity contribution in [3.05, 3.63) is 113 Å². The SMILES string of the molecule is CCCCCCCCCCCCCCCCCCCCO[C@@H]1O[C@H](C(=O)NCCCC[C@@H](NC(=O)[C@@H](N)Cc2c(C)cc(O)cc2C)C(=O)N[C@@H](Cc2cccc3ccccc23)C(=O)N[C@@H](Cc2ccccc2)C(N)=O)[C@@H](O)[C@H](O)[C@H]1O. The standard InChI is InChI=1S/C65H96N6O11/c1-4-5-6-7-8-9-10-11-12-13-14-15-16-17-18-19-20-28-38-81-65-58(75)56(73)57(74)59(82-65)64(80)68-37-27-26-36-53(69-61(77)52(66)43-51-44(2)39-49(72)40-45(51)3)62(78)71-55(42-48-34-29-33-47-32-24-25-35-50(47)48)63(79)70-54(60(67)76)41-46-30-22-21-23-31-46/h21-25,29-35,39-40,52-59,65,72-75H,4-20,26-28,36-38,41-43,66H2,1-3H3,(H2,67,76)(H,68,80)(H,69,77)(H,70,79)(H,71,78)/t52-,53+,54-,55-,56-,57-,58+,59-,65+/m0/s1. The van der Waals surface area contributed by atoms with Gasteiger partial charge in [0.05, 0.1) is 6.04 Å². The summed E-state index contributed by atoms with van der Waals surface area (Å²) in [7, 11) is 0. The van der Waals surface area contributed by atoms with Crippen LogP contribution in [0, 0.1) is 13.8 Å². The number of aromatic hydroxyl groups is 1. The van der Waals surface area contributed by atoms with E-state index < -0.39 is 84.4 Å². The molecule has 0 unspecified atom stereocenters. The fourth-order valence-electron chi connectivity index (χ4n) is 10.9. The summed E-state index contributed by atoms with van der Waals surface area (Å²) in [5, 5.41) is 55.3. The van der Waals surface area contributed by atoms with Gasteiger partial charge in [0.15, 0.2) is 12.4 Å². The average Bonchev–Trinajstić information content (AvgIpc) is 3.66. The largest absolute Gasteiger partial charge is 0.508 e. The Balaban J connectivity index is 1.15. The van der Waals surface area contributed by atoms with Crippen molar-refractivity contribution in [2.45, 2.75) is 230 Å². The fourth-order valence-corrected chi connectivity index (χ4v) is 10.9. The summed E-state index contributed by atoms with van der Waals surface area (Å²) in [5.74, 6) is -3.46. The zero-order chi connectivity index (χ0) is 59.2. The van der Waals surface area contributed by atoms with Gasteiger partial charge >= 0.3 is 0 Å². The van der Waals surface area contributed by atoms with Gasteiger partial charge in [-0.05, 0) is 96.7 Å². The topological polar surface area (TPSA) is 285 Å². The molecule has 0 radical (unpaired) electrons. The Morgan fingerprint density at radius 3 is 1.73 bits per heavy atom. The van der Waals surface area contributed by atoms with Crippen LogP contribution in [-0.4, -0.2) is 118 Å². The van der Waals surface area contributed by atoms with Crippen LogP contribution in [0.2, 0.25) is 0 Å². The smallest absolute Gasteiger partial charge is 0.252 e. The predicted molar refractivity (Wildman–Crippen MR) is 320 cm³/mol. The molecule has 82 heavy (non-hydrogen) atoms. The molecule has 0 bridgehead atoms. The Hall–Kier alpha value is -5.95. The second-order valence-electron chi connectivity index (χ2n) is 22.6. The normalized spacial score (nSPS) is 18.5. The van der Waals surface area contributed by atoms with E-state index in [2.05, 4.69) is 28.2 Å². The molecule has 1 fully saturated rings. The Morgan fingerprint density at radius 2 is 1.12 bits per heavy atom. The number of primary amides is 1. The van der Waals surface area contributed by atoms with Crippen LogP contribution in [0.4, 0.5) is 0 Å². The van der Waals surface area contributed by atoms with E-state index >= 15 is 0 Å². The van der Waals surface area contributed by atoms with Crippen LogP contribution in [0.5, 0.6) is 5.75 Å². The van der Waals surface area contributed by atoms with Crippen molar-refractivity contribution < 1.29 is 53.9 Å². The molecule has 0 aliphatic carbocycles. The van der Waals surface area contributed by atoms with Gasteiger partial charge in [-0.25, -0.2) is 0 Å². The van der Waals surface area contributed by atoms with Crippen molar-refractivity contribution in [1.29, 1.82) is 0 Å². The van der Waals surface area contributed by atoms with E-state index in [0.29, 0.717) is 6.42 Å². The van der Waals surface area contributed by atoms with Gasteiger partial charge in [0.25, 0.3) is 5.91 Å². The highest BCUT2D eigenvalue weighted by Crippen LogP contribution is 2.25. The molecule has 1 aliphatic rings. The van der Waals surface area contributed by atoms with Crippen molar-refractivity contribution in [1.82, 2.24) is 21.3 Å². The second kappa shape index (κ2) is 36.6. The Kier molecular flexibility index (Phi) is 29.8. The van der Waals surface area contributed by atoms with Crippen LogP contribution < -0.4 is 32.7 Å². The summed E-state index contributed by atoms with van der Waals surface area (Å²) >= 11 is 0. The minimum absolute atomic E-state index is 0.00760. The van der Waals surface area contributed by atoms with E-state index in [1.54, 1.807) is 38.1 Å². The minimum Gasteiger partial charge on any atom is -0.508 e. The number of benzene rings is 4. The molecule has 17 heteroatoms.